The first-order chi connectivity index (χ1) is 9.93. The summed E-state index contributed by atoms with van der Waals surface area (Å²) in [7, 11) is 3.24. The van der Waals surface area contributed by atoms with Gasteiger partial charge in [-0.25, -0.2) is 0 Å². The first-order valence-corrected chi connectivity index (χ1v) is 6.70. The number of amides is 1. The van der Waals surface area contributed by atoms with Gasteiger partial charge in [-0.2, -0.15) is 0 Å². The number of carbonyl (C=O) groups is 2. The van der Waals surface area contributed by atoms with Gasteiger partial charge in [-0.15, -0.1) is 12.4 Å². The summed E-state index contributed by atoms with van der Waals surface area (Å²) >= 11 is 0. The summed E-state index contributed by atoms with van der Waals surface area (Å²) in [5.74, 6) is -1.15. The predicted octanol–water partition coefficient (Wildman–Crippen LogP) is 1.28. The smallest absolute Gasteiger partial charge is 0.320 e. The van der Waals surface area contributed by atoms with Crippen LogP contribution in [0.1, 0.15) is 18.1 Å². The summed E-state index contributed by atoms with van der Waals surface area (Å²) in [6, 6.07) is 7.06. The van der Waals surface area contributed by atoms with Crippen LogP contribution in [0.5, 0.6) is 0 Å². The minimum Gasteiger partial charge on any atom is -0.480 e. The Labute approximate surface area is 136 Å². The molecule has 0 aliphatic rings. The molecular weight excluding hydrogens is 308 g/mol. The zero-order chi connectivity index (χ0) is 15.8. The van der Waals surface area contributed by atoms with Gasteiger partial charge in [-0.3, -0.25) is 14.5 Å². The Bertz CT molecular complexity index is 496. The van der Waals surface area contributed by atoms with Crippen molar-refractivity contribution in [3.8, 4) is 0 Å². The summed E-state index contributed by atoms with van der Waals surface area (Å²) in [4.78, 5) is 24.1. The van der Waals surface area contributed by atoms with E-state index in [-0.39, 0.29) is 24.9 Å². The maximum Gasteiger partial charge on any atom is 0.320 e. The molecule has 1 rings (SSSR count). The Balaban J connectivity index is 0.00000441. The molecule has 0 spiro atoms. The topological polar surface area (TPSA) is 78.9 Å². The molecule has 1 aromatic rings. The number of carboxylic acids is 1. The van der Waals surface area contributed by atoms with Crippen molar-refractivity contribution in [1.82, 2.24) is 10.2 Å². The number of nitrogens with zero attached hydrogens (tertiary/aromatic N) is 1. The molecule has 0 bridgehead atoms. The Morgan fingerprint density at radius 1 is 1.36 bits per heavy atom. The van der Waals surface area contributed by atoms with Crippen molar-refractivity contribution in [1.29, 1.82) is 0 Å². The highest BCUT2D eigenvalue weighted by Gasteiger charge is 2.18. The van der Waals surface area contributed by atoms with Crippen molar-refractivity contribution in [2.24, 2.45) is 0 Å². The number of nitrogens with one attached hydrogen (secondary N) is 1. The highest BCUT2D eigenvalue weighted by molar-refractivity contribution is 5.85. The lowest BCUT2D eigenvalue weighted by atomic mass is 10.1. The molecule has 0 aromatic heterocycles. The van der Waals surface area contributed by atoms with Gasteiger partial charge in [0, 0.05) is 13.7 Å². The Hall–Kier alpha value is -1.63. The molecule has 0 radical (unpaired) electrons. The van der Waals surface area contributed by atoms with E-state index in [1.807, 2.05) is 24.3 Å². The van der Waals surface area contributed by atoms with Crippen LogP contribution in [0, 0.1) is 0 Å². The van der Waals surface area contributed by atoms with Crippen molar-refractivity contribution in [3.63, 3.8) is 0 Å². The fourth-order valence-corrected chi connectivity index (χ4v) is 1.80. The fourth-order valence-electron chi connectivity index (χ4n) is 1.80. The third kappa shape index (κ3) is 6.89. The molecule has 22 heavy (non-hydrogen) atoms. The van der Waals surface area contributed by atoms with Crippen LogP contribution in [0.15, 0.2) is 24.3 Å². The molecule has 0 aliphatic heterocycles. The lowest BCUT2D eigenvalue weighted by Gasteiger charge is -2.20. The second-order valence-corrected chi connectivity index (χ2v) is 4.96. The monoisotopic (exact) mass is 330 g/mol. The van der Waals surface area contributed by atoms with E-state index in [0.29, 0.717) is 13.2 Å². The second-order valence-electron chi connectivity index (χ2n) is 4.96. The molecule has 124 valence electrons. The second kappa shape index (κ2) is 10.2. The van der Waals surface area contributed by atoms with Crippen molar-refractivity contribution in [2.75, 3.05) is 20.7 Å². The summed E-state index contributed by atoms with van der Waals surface area (Å²) < 4.78 is 5.06. The molecule has 1 atom stereocenters. The quantitative estimate of drug-likeness (QED) is 0.750. The highest BCUT2D eigenvalue weighted by Crippen LogP contribution is 2.06. The Kier molecular flexibility index (Phi) is 9.40. The van der Waals surface area contributed by atoms with Crippen LogP contribution in [0.2, 0.25) is 0 Å². The number of hydrogen-bond donors (Lipinski definition) is 2. The van der Waals surface area contributed by atoms with E-state index in [9.17, 15) is 9.59 Å². The number of benzene rings is 1. The predicted molar refractivity (Wildman–Crippen MR) is 86.0 cm³/mol. The molecule has 1 aromatic carbocycles. The summed E-state index contributed by atoms with van der Waals surface area (Å²) in [5, 5.41) is 11.6. The number of ether oxygens (including phenoxy) is 1. The number of hydrogen-bond acceptors (Lipinski definition) is 4. The van der Waals surface area contributed by atoms with Crippen LogP contribution >= 0.6 is 12.4 Å². The molecule has 7 heteroatoms. The van der Waals surface area contributed by atoms with E-state index in [1.54, 1.807) is 21.1 Å². The zero-order valence-corrected chi connectivity index (χ0v) is 13.9. The van der Waals surface area contributed by atoms with Crippen LogP contribution in [0.3, 0.4) is 0 Å². The van der Waals surface area contributed by atoms with Gasteiger partial charge in [0.2, 0.25) is 5.91 Å². The highest BCUT2D eigenvalue weighted by atomic mass is 35.5. The molecular formula is C15H23ClN2O4. The number of methoxy groups -OCH3 is 1. The van der Waals surface area contributed by atoms with Gasteiger partial charge in [-0.05, 0) is 25.1 Å². The first kappa shape index (κ1) is 20.4. The van der Waals surface area contributed by atoms with Crippen LogP contribution in [0.4, 0.5) is 0 Å². The number of halogens is 1. The molecule has 1 unspecified atom stereocenters. The molecule has 6 nitrogen and oxygen atoms in total. The molecule has 0 saturated carbocycles. The lowest BCUT2D eigenvalue weighted by molar-refractivity contribution is -0.142. The van der Waals surface area contributed by atoms with E-state index in [0.717, 1.165) is 11.1 Å². The minimum absolute atomic E-state index is 0. The standard InChI is InChI=1S/C15H22N2O4.ClH/c1-11(15(19)20)17(2)9-14(18)16-8-12-5-4-6-13(7-12)10-21-3;/h4-7,11H,8-10H2,1-3H3,(H,16,18)(H,19,20);1H. The van der Waals surface area contributed by atoms with Crippen molar-refractivity contribution >= 4 is 24.3 Å². The van der Waals surface area contributed by atoms with E-state index >= 15 is 0 Å². The van der Waals surface area contributed by atoms with Gasteiger partial charge in [0.05, 0.1) is 13.2 Å². The average Bonchev–Trinajstić information content (AvgIpc) is 2.45. The maximum atomic E-state index is 11.8. The van der Waals surface area contributed by atoms with Crippen LogP contribution < -0.4 is 5.32 Å². The van der Waals surface area contributed by atoms with Crippen LogP contribution in [0.25, 0.3) is 0 Å². The molecule has 0 aliphatic carbocycles. The molecule has 2 N–H and O–H groups in total. The van der Waals surface area contributed by atoms with E-state index in [4.69, 9.17) is 9.84 Å². The van der Waals surface area contributed by atoms with E-state index in [2.05, 4.69) is 5.32 Å². The Morgan fingerprint density at radius 2 is 2.00 bits per heavy atom. The normalized spacial score (nSPS) is 11.6. The third-order valence-corrected chi connectivity index (χ3v) is 3.20. The fraction of sp³-hybridized carbons (Fsp3) is 0.467. The largest absolute Gasteiger partial charge is 0.480 e. The van der Waals surface area contributed by atoms with Gasteiger partial charge in [0.25, 0.3) is 0 Å². The molecule has 0 fully saturated rings. The summed E-state index contributed by atoms with van der Waals surface area (Å²) in [6.45, 7) is 2.53. The Morgan fingerprint density at radius 3 is 2.59 bits per heavy atom. The summed E-state index contributed by atoms with van der Waals surface area (Å²) in [5.41, 5.74) is 2.02. The van der Waals surface area contributed by atoms with Crippen molar-refractivity contribution in [3.05, 3.63) is 35.4 Å². The van der Waals surface area contributed by atoms with Crippen molar-refractivity contribution < 1.29 is 19.4 Å². The number of carboxylic acid groups (broad SMARTS) is 1. The molecule has 0 heterocycles. The van der Waals surface area contributed by atoms with E-state index in [1.165, 1.54) is 4.90 Å². The third-order valence-electron chi connectivity index (χ3n) is 3.20. The molecule has 1 amide bonds. The van der Waals surface area contributed by atoms with Gasteiger partial charge in [0.15, 0.2) is 0 Å². The minimum atomic E-state index is -0.947. The number of aliphatic carboxylic acids is 1. The maximum absolute atomic E-state index is 11.8. The lowest BCUT2D eigenvalue weighted by Crippen LogP contribution is -2.42. The van der Waals surface area contributed by atoms with Gasteiger partial charge in [-0.1, -0.05) is 24.3 Å². The molecule has 0 saturated heterocycles. The number of carbonyl (C=O) groups excluding carboxylic acids is 1. The summed E-state index contributed by atoms with van der Waals surface area (Å²) in [6.07, 6.45) is 0. The van der Waals surface area contributed by atoms with Crippen LogP contribution in [-0.4, -0.2) is 48.6 Å². The number of rotatable bonds is 8. The zero-order valence-electron chi connectivity index (χ0n) is 13.0. The van der Waals surface area contributed by atoms with E-state index < -0.39 is 12.0 Å². The SMILES string of the molecule is COCc1cccc(CNC(=O)CN(C)C(C)C(=O)O)c1.Cl. The first-order valence-electron chi connectivity index (χ1n) is 6.70. The average molecular weight is 331 g/mol. The van der Waals surface area contributed by atoms with Crippen LogP contribution in [-0.2, 0) is 27.5 Å². The van der Waals surface area contributed by atoms with Gasteiger partial charge >= 0.3 is 5.97 Å². The van der Waals surface area contributed by atoms with Gasteiger partial charge in [0.1, 0.15) is 6.04 Å². The van der Waals surface area contributed by atoms with Crippen molar-refractivity contribution in [2.45, 2.75) is 26.1 Å². The number of likely N-dealkylation sites (N-methyl/N-ethyl adjacent to an activating group) is 1. The van der Waals surface area contributed by atoms with Gasteiger partial charge < -0.3 is 15.2 Å².